The van der Waals surface area contributed by atoms with Crippen molar-refractivity contribution in [3.05, 3.63) is 35.9 Å². The fourth-order valence-corrected chi connectivity index (χ4v) is 3.60. The van der Waals surface area contributed by atoms with Crippen LogP contribution in [0.25, 0.3) is 0 Å². The van der Waals surface area contributed by atoms with Gasteiger partial charge in [0, 0.05) is 6.54 Å². The van der Waals surface area contributed by atoms with Crippen LogP contribution in [0.2, 0.25) is 0 Å². The Morgan fingerprint density at radius 2 is 1.43 bits per heavy atom. The third-order valence-electron chi connectivity index (χ3n) is 4.83. The Labute approximate surface area is 144 Å². The molecule has 2 saturated heterocycles. The molecule has 2 aliphatic rings. The molecular formula is C21H38N2. The van der Waals surface area contributed by atoms with Crippen molar-refractivity contribution in [3.8, 4) is 0 Å². The summed E-state index contributed by atoms with van der Waals surface area (Å²) in [5.41, 5.74) is 1.55. The van der Waals surface area contributed by atoms with Gasteiger partial charge < -0.3 is 10.2 Å². The second-order valence-electron chi connectivity index (χ2n) is 6.18. The zero-order valence-electron chi connectivity index (χ0n) is 15.9. The fraction of sp³-hybridized carbons (Fsp3) is 0.714. The molecule has 0 aliphatic carbocycles. The molecule has 0 aromatic heterocycles. The summed E-state index contributed by atoms with van der Waals surface area (Å²) in [7, 11) is 0. The lowest BCUT2D eigenvalue weighted by molar-refractivity contribution is 0.167. The molecule has 1 aromatic carbocycles. The van der Waals surface area contributed by atoms with E-state index in [1.54, 1.807) is 5.56 Å². The predicted octanol–water partition coefficient (Wildman–Crippen LogP) is 4.92. The number of piperidine rings is 2. The average Bonchev–Trinajstić information content (AvgIpc) is 2.67. The molecule has 132 valence electrons. The van der Waals surface area contributed by atoms with Gasteiger partial charge in [-0.05, 0) is 69.3 Å². The summed E-state index contributed by atoms with van der Waals surface area (Å²) in [5.74, 6) is 1.74. The SMILES string of the molecule is CC.CC.c1ccc(C2CCN(CC3CCNCC3)CC2)cc1. The lowest BCUT2D eigenvalue weighted by Crippen LogP contribution is -2.39. The van der Waals surface area contributed by atoms with Gasteiger partial charge in [-0.3, -0.25) is 0 Å². The number of hydrogen-bond acceptors (Lipinski definition) is 2. The maximum Gasteiger partial charge on any atom is 0.00106 e. The molecule has 23 heavy (non-hydrogen) atoms. The smallest absolute Gasteiger partial charge is 0.00106 e. The van der Waals surface area contributed by atoms with Crippen LogP contribution in [0.15, 0.2) is 30.3 Å². The van der Waals surface area contributed by atoms with E-state index in [1.165, 1.54) is 58.4 Å². The Balaban J connectivity index is 0.000000615. The van der Waals surface area contributed by atoms with E-state index in [1.807, 2.05) is 27.7 Å². The van der Waals surface area contributed by atoms with E-state index >= 15 is 0 Å². The Morgan fingerprint density at radius 3 is 2.00 bits per heavy atom. The number of benzene rings is 1. The van der Waals surface area contributed by atoms with Crippen LogP contribution in [0.5, 0.6) is 0 Å². The Morgan fingerprint density at radius 1 is 0.870 bits per heavy atom. The van der Waals surface area contributed by atoms with Crippen LogP contribution < -0.4 is 5.32 Å². The molecule has 0 bridgehead atoms. The number of rotatable bonds is 3. The molecule has 2 nitrogen and oxygen atoms in total. The lowest BCUT2D eigenvalue weighted by Gasteiger charge is -2.35. The monoisotopic (exact) mass is 318 g/mol. The van der Waals surface area contributed by atoms with E-state index in [-0.39, 0.29) is 0 Å². The van der Waals surface area contributed by atoms with Gasteiger partial charge >= 0.3 is 0 Å². The van der Waals surface area contributed by atoms with E-state index in [4.69, 9.17) is 0 Å². The van der Waals surface area contributed by atoms with Crippen molar-refractivity contribution >= 4 is 0 Å². The largest absolute Gasteiger partial charge is 0.317 e. The molecule has 2 heteroatoms. The van der Waals surface area contributed by atoms with Crippen molar-refractivity contribution in [1.29, 1.82) is 0 Å². The summed E-state index contributed by atoms with van der Waals surface area (Å²) >= 11 is 0. The lowest BCUT2D eigenvalue weighted by atomic mass is 9.88. The van der Waals surface area contributed by atoms with Gasteiger partial charge in [-0.15, -0.1) is 0 Å². The predicted molar refractivity (Wildman–Crippen MR) is 103 cm³/mol. The standard InChI is InChI=1S/C17H26N2.2C2H6/c1-2-4-16(5-3-1)17-8-12-19(13-9-17)14-15-6-10-18-11-7-15;2*1-2/h1-5,15,17-18H,6-14H2;2*1-2H3. The second kappa shape index (κ2) is 12.5. The molecule has 0 amide bonds. The molecule has 2 aliphatic heterocycles. The van der Waals surface area contributed by atoms with E-state index in [0.717, 1.165) is 11.8 Å². The highest BCUT2D eigenvalue weighted by atomic mass is 15.1. The van der Waals surface area contributed by atoms with E-state index in [0.29, 0.717) is 0 Å². The quantitative estimate of drug-likeness (QED) is 0.851. The first kappa shape index (κ1) is 20.2. The summed E-state index contributed by atoms with van der Waals surface area (Å²) in [6.07, 6.45) is 5.43. The van der Waals surface area contributed by atoms with Crippen molar-refractivity contribution in [1.82, 2.24) is 10.2 Å². The molecule has 2 heterocycles. The van der Waals surface area contributed by atoms with Crippen LogP contribution >= 0.6 is 0 Å². The molecular weight excluding hydrogens is 280 g/mol. The summed E-state index contributed by atoms with van der Waals surface area (Å²) in [4.78, 5) is 2.70. The van der Waals surface area contributed by atoms with Crippen LogP contribution in [0.4, 0.5) is 0 Å². The van der Waals surface area contributed by atoms with Crippen molar-refractivity contribution < 1.29 is 0 Å². The molecule has 0 radical (unpaired) electrons. The molecule has 0 spiro atoms. The molecule has 0 saturated carbocycles. The summed E-state index contributed by atoms with van der Waals surface area (Å²) in [5, 5.41) is 3.46. The van der Waals surface area contributed by atoms with Crippen molar-refractivity contribution in [2.75, 3.05) is 32.7 Å². The second-order valence-corrected chi connectivity index (χ2v) is 6.18. The maximum atomic E-state index is 3.46. The minimum absolute atomic E-state index is 0.797. The van der Waals surface area contributed by atoms with Gasteiger partial charge in [0.15, 0.2) is 0 Å². The highest BCUT2D eigenvalue weighted by Gasteiger charge is 2.23. The van der Waals surface area contributed by atoms with Crippen LogP contribution in [0, 0.1) is 5.92 Å². The highest BCUT2D eigenvalue weighted by Crippen LogP contribution is 2.28. The number of likely N-dealkylation sites (tertiary alicyclic amines) is 1. The normalized spacial score (nSPS) is 20.0. The fourth-order valence-electron chi connectivity index (χ4n) is 3.60. The molecule has 1 N–H and O–H groups in total. The van der Waals surface area contributed by atoms with Crippen molar-refractivity contribution in [3.63, 3.8) is 0 Å². The van der Waals surface area contributed by atoms with Gasteiger partial charge in [-0.2, -0.15) is 0 Å². The molecule has 2 fully saturated rings. The first-order valence-corrected chi connectivity index (χ1v) is 9.90. The van der Waals surface area contributed by atoms with Gasteiger partial charge in [0.1, 0.15) is 0 Å². The number of nitrogens with zero attached hydrogens (tertiary/aromatic N) is 1. The van der Waals surface area contributed by atoms with Gasteiger partial charge in [-0.25, -0.2) is 0 Å². The Bertz CT molecular complexity index is 363. The Hall–Kier alpha value is -0.860. The van der Waals surface area contributed by atoms with Crippen molar-refractivity contribution in [2.45, 2.75) is 59.3 Å². The molecule has 3 rings (SSSR count). The number of hydrogen-bond donors (Lipinski definition) is 1. The number of nitrogens with one attached hydrogen (secondary N) is 1. The summed E-state index contributed by atoms with van der Waals surface area (Å²) in [6, 6.07) is 11.1. The molecule has 0 unspecified atom stereocenters. The van der Waals surface area contributed by atoms with Crippen LogP contribution in [-0.2, 0) is 0 Å². The van der Waals surface area contributed by atoms with Crippen LogP contribution in [0.3, 0.4) is 0 Å². The van der Waals surface area contributed by atoms with Gasteiger partial charge in [0.2, 0.25) is 0 Å². The summed E-state index contributed by atoms with van der Waals surface area (Å²) < 4.78 is 0. The topological polar surface area (TPSA) is 15.3 Å². The average molecular weight is 319 g/mol. The van der Waals surface area contributed by atoms with E-state index in [2.05, 4.69) is 40.5 Å². The maximum absolute atomic E-state index is 3.46. The van der Waals surface area contributed by atoms with Crippen molar-refractivity contribution in [2.24, 2.45) is 5.92 Å². The van der Waals surface area contributed by atoms with E-state index in [9.17, 15) is 0 Å². The minimum Gasteiger partial charge on any atom is -0.317 e. The highest BCUT2D eigenvalue weighted by molar-refractivity contribution is 5.20. The van der Waals surface area contributed by atoms with Crippen LogP contribution in [-0.4, -0.2) is 37.6 Å². The minimum atomic E-state index is 0.797. The van der Waals surface area contributed by atoms with E-state index < -0.39 is 0 Å². The Kier molecular flexibility index (Phi) is 11.0. The molecule has 1 aromatic rings. The zero-order valence-corrected chi connectivity index (χ0v) is 15.9. The van der Waals surface area contributed by atoms with Gasteiger partial charge in [-0.1, -0.05) is 58.0 Å². The van der Waals surface area contributed by atoms with Gasteiger partial charge in [0.25, 0.3) is 0 Å². The first-order chi connectivity index (χ1) is 11.4. The third kappa shape index (κ3) is 7.05. The first-order valence-electron chi connectivity index (χ1n) is 9.90. The third-order valence-corrected chi connectivity index (χ3v) is 4.83. The molecule has 0 atom stereocenters. The zero-order chi connectivity index (χ0) is 16.9. The summed E-state index contributed by atoms with van der Waals surface area (Å²) in [6.45, 7) is 14.4. The van der Waals surface area contributed by atoms with Crippen LogP contribution in [0.1, 0.15) is 64.9 Å². The van der Waals surface area contributed by atoms with Gasteiger partial charge in [0.05, 0.1) is 0 Å².